The van der Waals surface area contributed by atoms with Crippen LogP contribution in [0.3, 0.4) is 0 Å². The monoisotopic (exact) mass is 1300 g/mol. The van der Waals surface area contributed by atoms with Crippen molar-refractivity contribution in [2.75, 3.05) is 46.7 Å². The predicted octanol–water partition coefficient (Wildman–Crippen LogP) is 7.11. The van der Waals surface area contributed by atoms with E-state index in [0.29, 0.717) is 53.1 Å². The molecular formula is C68H102N10O13S. The number of anilines is 1. The second kappa shape index (κ2) is 36.6. The summed E-state index contributed by atoms with van der Waals surface area (Å²) < 4.78 is 17.8. The van der Waals surface area contributed by atoms with Gasteiger partial charge in [-0.3, -0.25) is 38.5 Å². The van der Waals surface area contributed by atoms with Crippen molar-refractivity contribution in [1.29, 1.82) is 0 Å². The van der Waals surface area contributed by atoms with Gasteiger partial charge in [-0.25, -0.2) is 9.59 Å². The van der Waals surface area contributed by atoms with Gasteiger partial charge in [0, 0.05) is 57.6 Å². The Morgan fingerprint density at radius 1 is 0.739 bits per heavy atom. The average molecular weight is 1300 g/mol. The zero-order valence-electron chi connectivity index (χ0n) is 56.4. The van der Waals surface area contributed by atoms with Crippen molar-refractivity contribution in [2.45, 2.75) is 182 Å². The van der Waals surface area contributed by atoms with Crippen molar-refractivity contribution in [3.63, 3.8) is 0 Å². The molecule has 1 fully saturated rings. The number of nitrogens with zero attached hydrogens (tertiary/aromatic N) is 3. The molecule has 0 saturated carbocycles. The second-order valence-corrected chi connectivity index (χ2v) is 25.8. The highest BCUT2D eigenvalue weighted by atomic mass is 32.1. The van der Waals surface area contributed by atoms with Crippen LogP contribution < -0.4 is 37.6 Å². The van der Waals surface area contributed by atoms with E-state index in [1.165, 1.54) is 26.2 Å². The molecule has 1 saturated heterocycles. The molecule has 10 amide bonds. The number of urea groups is 1. The number of benzene rings is 3. The Kier molecular flexibility index (Phi) is 30.6. The maximum Gasteiger partial charge on any atom is 0.410 e. The summed E-state index contributed by atoms with van der Waals surface area (Å²) >= 11 is 4.25. The maximum absolute atomic E-state index is 14.8. The minimum absolute atomic E-state index is 0.0877. The van der Waals surface area contributed by atoms with Gasteiger partial charge in [-0.2, -0.15) is 0 Å². The van der Waals surface area contributed by atoms with Crippen molar-refractivity contribution in [1.82, 2.24) is 41.3 Å². The molecule has 0 spiro atoms. The largest absolute Gasteiger partial charge is 0.445 e. The summed E-state index contributed by atoms with van der Waals surface area (Å²) in [6.07, 6.45) is -1.02. The molecular weight excluding hydrogens is 1200 g/mol. The highest BCUT2D eigenvalue weighted by Gasteiger charge is 2.44. The molecule has 508 valence electrons. The van der Waals surface area contributed by atoms with Crippen LogP contribution in [0.5, 0.6) is 0 Å². The number of aryl methyl sites for hydroxylation is 1. The van der Waals surface area contributed by atoms with Gasteiger partial charge in [-0.15, -0.1) is 12.6 Å². The van der Waals surface area contributed by atoms with E-state index in [2.05, 4.69) is 51.1 Å². The Bertz CT molecular complexity index is 2970. The number of nitrogens with one attached hydrogen (secondary N) is 6. The zero-order chi connectivity index (χ0) is 68.8. The smallest absolute Gasteiger partial charge is 0.410 e. The third-order valence-electron chi connectivity index (χ3n) is 17.3. The highest BCUT2D eigenvalue weighted by Crippen LogP contribution is 2.31. The third kappa shape index (κ3) is 21.8. The third-order valence-corrected chi connectivity index (χ3v) is 17.5. The molecule has 92 heavy (non-hydrogen) atoms. The molecule has 9 N–H and O–H groups in total. The van der Waals surface area contributed by atoms with Crippen molar-refractivity contribution in [3.8, 4) is 0 Å². The fourth-order valence-electron chi connectivity index (χ4n) is 11.6. The Morgan fingerprint density at radius 3 is 1.89 bits per heavy atom. The van der Waals surface area contributed by atoms with Crippen molar-refractivity contribution in [2.24, 2.45) is 35.3 Å². The first-order valence-corrected chi connectivity index (χ1v) is 32.2. The van der Waals surface area contributed by atoms with Crippen LogP contribution in [0.15, 0.2) is 79.4 Å². The average Bonchev–Trinajstić information content (AvgIpc) is 1.49. The second-order valence-electron chi connectivity index (χ2n) is 25.2. The van der Waals surface area contributed by atoms with E-state index < -0.39 is 120 Å². The quantitative estimate of drug-likeness (QED) is 0.0213. The minimum atomic E-state index is -1.10. The van der Waals surface area contributed by atoms with Crippen LogP contribution in [0.4, 0.5) is 15.3 Å². The summed E-state index contributed by atoms with van der Waals surface area (Å²) in [6, 6.07) is 13.8. The number of amides is 10. The molecule has 2 unspecified atom stereocenters. The molecule has 12 atom stereocenters. The lowest BCUT2D eigenvalue weighted by Gasteiger charge is -2.41. The van der Waals surface area contributed by atoms with Crippen LogP contribution in [0.25, 0.3) is 4.91 Å². The fourth-order valence-corrected chi connectivity index (χ4v) is 11.7. The van der Waals surface area contributed by atoms with Crippen LogP contribution in [-0.4, -0.2) is 169 Å². The van der Waals surface area contributed by atoms with Crippen molar-refractivity contribution < 1.29 is 62.5 Å². The van der Waals surface area contributed by atoms with Gasteiger partial charge in [-0.05, 0) is 104 Å². The van der Waals surface area contributed by atoms with Crippen LogP contribution in [0, 0.1) is 36.5 Å². The Morgan fingerprint density at radius 2 is 1.35 bits per heavy atom. The van der Waals surface area contributed by atoms with E-state index in [1.807, 2.05) is 45.0 Å². The van der Waals surface area contributed by atoms with Gasteiger partial charge in [0.1, 0.15) is 30.8 Å². The van der Waals surface area contributed by atoms with Crippen molar-refractivity contribution >= 4 is 76.7 Å². The van der Waals surface area contributed by atoms with Gasteiger partial charge in [0.2, 0.25) is 35.4 Å². The number of hydrogen-bond acceptors (Lipinski definition) is 14. The van der Waals surface area contributed by atoms with Gasteiger partial charge < -0.3 is 66.8 Å². The topological polar surface area (TPSA) is 309 Å². The number of primary amides is 1. The molecule has 1 heterocycles. The van der Waals surface area contributed by atoms with E-state index in [0.717, 1.165) is 11.1 Å². The Labute approximate surface area is 549 Å². The summed E-state index contributed by atoms with van der Waals surface area (Å²) in [5.41, 5.74) is 8.89. The lowest BCUT2D eigenvalue weighted by atomic mass is 9.89. The number of nitrogens with two attached hydrogens (primary N) is 1. The van der Waals surface area contributed by atoms with E-state index in [-0.39, 0.29) is 56.1 Å². The fraction of sp³-hybridized carbons (Fsp3) is 0.574. The maximum atomic E-state index is 14.8. The lowest BCUT2D eigenvalue weighted by Crippen LogP contribution is -2.60. The molecule has 1 aliphatic rings. The number of aliphatic hydroxyl groups excluding tert-OH is 1. The molecule has 3 aromatic carbocycles. The van der Waals surface area contributed by atoms with Crippen LogP contribution >= 0.6 is 12.6 Å². The first-order valence-electron chi connectivity index (χ1n) is 31.8. The molecule has 4 rings (SSSR count). The normalized spacial score (nSPS) is 16.7. The van der Waals surface area contributed by atoms with Gasteiger partial charge in [0.05, 0.1) is 48.8 Å². The van der Waals surface area contributed by atoms with E-state index in [1.54, 1.807) is 121 Å². The van der Waals surface area contributed by atoms with Crippen molar-refractivity contribution in [3.05, 3.63) is 107 Å². The van der Waals surface area contributed by atoms with E-state index >= 15 is 0 Å². The zero-order valence-corrected chi connectivity index (χ0v) is 57.3. The molecule has 0 radical (unpaired) electrons. The predicted molar refractivity (Wildman–Crippen MR) is 358 cm³/mol. The van der Waals surface area contributed by atoms with Crippen LogP contribution in [0.1, 0.15) is 146 Å². The number of likely N-dealkylation sites (tertiary alicyclic amines) is 1. The summed E-state index contributed by atoms with van der Waals surface area (Å²) in [7, 11) is 6.10. The highest BCUT2D eigenvalue weighted by molar-refractivity contribution is 7.90. The number of rotatable bonds is 34. The number of likely N-dealkylation sites (N-methyl/N-ethyl adjacent to an activating group) is 2. The molecule has 24 heteroatoms. The van der Waals surface area contributed by atoms with Gasteiger partial charge in [0.15, 0.2) is 0 Å². The number of carbonyl (C=O) groups is 9. The van der Waals surface area contributed by atoms with Crippen LogP contribution in [-0.2, 0) is 49.6 Å². The van der Waals surface area contributed by atoms with E-state index in [4.69, 9.17) is 19.9 Å². The minimum Gasteiger partial charge on any atom is -0.445 e. The summed E-state index contributed by atoms with van der Waals surface area (Å²) in [4.78, 5) is 129. The molecule has 3 aromatic rings. The Hall–Kier alpha value is -7.54. The standard InChI is InChI=1S/C68H102N10O13S/c1-17-42(9)58(53(89-15)36-54(79)78-35-19-21-52(78)60(90-16)43(10)61(81)71-44(11)59(80)48-26-22-41(8)23-27-48)76(13)66(86)56(39(4)5)75-65(85)57(40(6)7)77(14)68(88)91-37-46-24-32-50(33-25-46)72-63(83)51(20-18-34-70-67(69)87)73-64(84)55(38(2)3)74-62(82)49-30-28-47(29-31-49)45(12)92/h22-33,38-40,42-44,51-53,55-60,80,92H,12,17-21,34-37H2,1-11,13-16H3,(H,71,81)(H,72,83)(H,73,84)(H,74,82)(H,75,85)(H3,69,70,87)/t42-,43+,44+,51-,52-,53+,55-,56?,57?,58-,59+,60+/m0/s1. The number of ether oxygens (including phenoxy) is 3. The lowest BCUT2D eigenvalue weighted by molar-refractivity contribution is -0.148. The van der Waals surface area contributed by atoms with Crippen LogP contribution in [0.2, 0.25) is 0 Å². The number of aliphatic hydroxyl groups is 1. The SMILES string of the molecule is C=C(S)c1ccc(C(=O)N[C@H](C(=O)N[C@@H](CCCNC(N)=O)C(=O)Nc2ccc(COC(=O)N(C)C(C(=O)NC(C(=O)N(C)[C@@H]([C@@H](C)CC)[C@@H](CC(=O)N3CCC[C@H]3[C@H](OC)[C@@H](C)C(=O)N[C@H](C)[C@@H](O)c3ccc(C)cc3)OC)C(C)C)C(C)C)cc2)C(C)C)cc1. The van der Waals surface area contributed by atoms with Gasteiger partial charge >= 0.3 is 12.1 Å². The molecule has 0 aliphatic carbocycles. The number of carbonyl (C=O) groups excluding carboxylic acids is 9. The number of methoxy groups -OCH3 is 2. The molecule has 23 nitrogen and oxygen atoms in total. The first kappa shape index (κ1) is 76.9. The summed E-state index contributed by atoms with van der Waals surface area (Å²) in [5.74, 6) is -5.33. The number of hydrogen-bond donors (Lipinski definition) is 9. The molecule has 1 aliphatic heterocycles. The van der Waals surface area contributed by atoms with Gasteiger partial charge in [-0.1, -0.05) is 129 Å². The molecule has 0 aromatic heterocycles. The first-order chi connectivity index (χ1) is 43.4. The summed E-state index contributed by atoms with van der Waals surface area (Å²) in [6.45, 7) is 24.2. The molecule has 0 bridgehead atoms. The van der Waals surface area contributed by atoms with Gasteiger partial charge in [0.25, 0.3) is 5.91 Å². The van der Waals surface area contributed by atoms with E-state index in [9.17, 15) is 48.3 Å². The summed E-state index contributed by atoms with van der Waals surface area (Å²) in [5, 5.41) is 27.8. The Balaban J connectivity index is 1.41. The number of thiol groups is 1.